The van der Waals surface area contributed by atoms with Gasteiger partial charge < -0.3 is 9.30 Å². The molecule has 1 aliphatic rings. The molecule has 6 heteroatoms. The molecule has 0 bridgehead atoms. The topological polar surface area (TPSA) is 56.1 Å². The highest BCUT2D eigenvalue weighted by atomic mass is 32.2. The van der Waals surface area contributed by atoms with Crippen LogP contribution in [0.1, 0.15) is 33.1 Å². The van der Waals surface area contributed by atoms with E-state index in [1.807, 2.05) is 31.7 Å². The lowest BCUT2D eigenvalue weighted by Crippen LogP contribution is -2.52. The number of nitrogens with zero attached hydrogens (tertiary/aromatic N) is 2. The summed E-state index contributed by atoms with van der Waals surface area (Å²) in [6, 6.07) is 0.475. The monoisotopic (exact) mass is 297 g/mol. The summed E-state index contributed by atoms with van der Waals surface area (Å²) >= 11 is 1.67. The van der Waals surface area contributed by atoms with E-state index in [4.69, 9.17) is 4.74 Å². The zero-order chi connectivity index (χ0) is 14.6. The van der Waals surface area contributed by atoms with E-state index in [2.05, 4.69) is 10.3 Å². The number of carbonyl (C=O) groups excluding carboxylic acids is 1. The molecule has 1 unspecified atom stereocenters. The van der Waals surface area contributed by atoms with E-state index in [1.165, 1.54) is 0 Å². The lowest BCUT2D eigenvalue weighted by Gasteiger charge is -2.28. The van der Waals surface area contributed by atoms with Gasteiger partial charge in [-0.2, -0.15) is 0 Å². The van der Waals surface area contributed by atoms with Crippen LogP contribution in [-0.2, 0) is 16.6 Å². The van der Waals surface area contributed by atoms with Crippen LogP contribution in [0.3, 0.4) is 0 Å². The van der Waals surface area contributed by atoms with Gasteiger partial charge in [0.2, 0.25) is 0 Å². The maximum absolute atomic E-state index is 12.2. The van der Waals surface area contributed by atoms with Crippen molar-refractivity contribution in [2.24, 2.45) is 7.05 Å². The minimum Gasteiger partial charge on any atom is -0.465 e. The number of hydrogen-bond donors (Lipinski definition) is 1. The predicted molar refractivity (Wildman–Crippen MR) is 79.7 cm³/mol. The molecule has 5 nitrogen and oxygen atoms in total. The summed E-state index contributed by atoms with van der Waals surface area (Å²) in [6.07, 6.45) is 6.76. The lowest BCUT2D eigenvalue weighted by molar-refractivity contribution is -0.150. The van der Waals surface area contributed by atoms with Crippen LogP contribution in [0.2, 0.25) is 0 Å². The molecule has 112 valence electrons. The van der Waals surface area contributed by atoms with Crippen LogP contribution in [-0.4, -0.2) is 39.5 Å². The standard InChI is InChI=1S/C14H23N3O2S/c1-4-19-12(18)14(2,16-11-5-6-11)7-10-20-13-15-8-9-17(13)3/h8-9,11,16H,4-7,10H2,1-3H3. The maximum Gasteiger partial charge on any atom is 0.326 e. The molecule has 1 fully saturated rings. The number of ether oxygens (including phenoxy) is 1. The molecule has 0 aromatic carbocycles. The van der Waals surface area contributed by atoms with E-state index in [0.717, 1.165) is 30.2 Å². The van der Waals surface area contributed by atoms with Crippen LogP contribution in [0.5, 0.6) is 0 Å². The molecule has 1 atom stereocenters. The van der Waals surface area contributed by atoms with Crippen LogP contribution < -0.4 is 5.32 Å². The third-order valence-corrected chi connectivity index (χ3v) is 4.50. The van der Waals surface area contributed by atoms with Crippen molar-refractivity contribution < 1.29 is 9.53 Å². The zero-order valence-electron chi connectivity index (χ0n) is 12.4. The average molecular weight is 297 g/mol. The molecule has 0 radical (unpaired) electrons. The van der Waals surface area contributed by atoms with Gasteiger partial charge in [0.1, 0.15) is 5.54 Å². The number of imidazole rings is 1. The summed E-state index contributed by atoms with van der Waals surface area (Å²) in [6.45, 7) is 4.22. The fourth-order valence-electron chi connectivity index (χ4n) is 2.04. The van der Waals surface area contributed by atoms with Gasteiger partial charge >= 0.3 is 5.97 Å². The highest BCUT2D eigenvalue weighted by Crippen LogP contribution is 2.27. The van der Waals surface area contributed by atoms with E-state index < -0.39 is 5.54 Å². The van der Waals surface area contributed by atoms with Gasteiger partial charge in [-0.3, -0.25) is 10.1 Å². The Morgan fingerprint density at radius 1 is 1.65 bits per heavy atom. The summed E-state index contributed by atoms with van der Waals surface area (Å²) in [7, 11) is 1.97. The van der Waals surface area contributed by atoms with Crippen LogP contribution in [0.15, 0.2) is 17.6 Å². The van der Waals surface area contributed by atoms with Gasteiger partial charge in [-0.15, -0.1) is 0 Å². The third-order valence-electron chi connectivity index (χ3n) is 3.44. The van der Waals surface area contributed by atoms with Crippen molar-refractivity contribution in [3.63, 3.8) is 0 Å². The first kappa shape index (κ1) is 15.4. The molecule has 1 aliphatic carbocycles. The van der Waals surface area contributed by atoms with Gasteiger partial charge in [0.25, 0.3) is 0 Å². The van der Waals surface area contributed by atoms with E-state index in [1.54, 1.807) is 18.0 Å². The van der Waals surface area contributed by atoms with Gasteiger partial charge in [0, 0.05) is 31.2 Å². The SMILES string of the molecule is CCOC(=O)C(C)(CCSc1nccn1C)NC1CC1. The van der Waals surface area contributed by atoms with Crippen molar-refractivity contribution in [3.8, 4) is 0 Å². The highest BCUT2D eigenvalue weighted by Gasteiger charge is 2.39. The number of aromatic nitrogens is 2. The lowest BCUT2D eigenvalue weighted by atomic mass is 9.99. The van der Waals surface area contributed by atoms with Crippen LogP contribution in [0, 0.1) is 0 Å². The Morgan fingerprint density at radius 3 is 2.95 bits per heavy atom. The quantitative estimate of drug-likeness (QED) is 0.587. The third kappa shape index (κ3) is 3.99. The number of carbonyl (C=O) groups is 1. The van der Waals surface area contributed by atoms with Crippen molar-refractivity contribution in [3.05, 3.63) is 12.4 Å². The van der Waals surface area contributed by atoms with Gasteiger partial charge in [-0.25, -0.2) is 4.98 Å². The fourth-order valence-corrected chi connectivity index (χ4v) is 3.13. The van der Waals surface area contributed by atoms with Crippen molar-refractivity contribution in [2.75, 3.05) is 12.4 Å². The van der Waals surface area contributed by atoms with Crippen LogP contribution in [0.4, 0.5) is 0 Å². The summed E-state index contributed by atoms with van der Waals surface area (Å²) in [5, 5.41) is 4.41. The first-order valence-electron chi connectivity index (χ1n) is 7.10. The second-order valence-electron chi connectivity index (χ2n) is 5.39. The largest absolute Gasteiger partial charge is 0.465 e. The Bertz CT molecular complexity index is 459. The van der Waals surface area contributed by atoms with Crippen LogP contribution >= 0.6 is 11.8 Å². The molecule has 0 aliphatic heterocycles. The van der Waals surface area contributed by atoms with Gasteiger partial charge in [-0.1, -0.05) is 11.8 Å². The number of hydrogen-bond acceptors (Lipinski definition) is 5. The first-order valence-corrected chi connectivity index (χ1v) is 8.09. The van der Waals surface area contributed by atoms with E-state index >= 15 is 0 Å². The molecular weight excluding hydrogens is 274 g/mol. The van der Waals surface area contributed by atoms with E-state index in [-0.39, 0.29) is 5.97 Å². The van der Waals surface area contributed by atoms with Crippen molar-refractivity contribution >= 4 is 17.7 Å². The molecule has 1 aromatic rings. The summed E-state index contributed by atoms with van der Waals surface area (Å²) in [4.78, 5) is 16.5. The second kappa shape index (κ2) is 6.63. The van der Waals surface area contributed by atoms with Crippen molar-refractivity contribution in [2.45, 2.75) is 49.8 Å². The molecule has 2 rings (SSSR count). The van der Waals surface area contributed by atoms with Gasteiger partial charge in [0.15, 0.2) is 5.16 Å². The summed E-state index contributed by atoms with van der Waals surface area (Å²) in [5.41, 5.74) is -0.588. The Labute approximate surface area is 124 Å². The Balaban J connectivity index is 1.89. The molecule has 1 heterocycles. The van der Waals surface area contributed by atoms with Crippen LogP contribution in [0.25, 0.3) is 0 Å². The van der Waals surface area contributed by atoms with Gasteiger partial charge in [0.05, 0.1) is 6.61 Å². The molecule has 0 spiro atoms. The van der Waals surface area contributed by atoms with E-state index in [0.29, 0.717) is 12.6 Å². The molecule has 1 aromatic heterocycles. The molecule has 1 N–H and O–H groups in total. The van der Waals surface area contributed by atoms with E-state index in [9.17, 15) is 4.79 Å². The number of rotatable bonds is 8. The molecular formula is C14H23N3O2S. The van der Waals surface area contributed by atoms with Crippen molar-refractivity contribution in [1.82, 2.24) is 14.9 Å². The molecule has 0 saturated heterocycles. The minimum absolute atomic E-state index is 0.146. The smallest absolute Gasteiger partial charge is 0.326 e. The Hall–Kier alpha value is -1.01. The normalized spacial score (nSPS) is 17.8. The highest BCUT2D eigenvalue weighted by molar-refractivity contribution is 7.99. The number of thioether (sulfide) groups is 1. The summed E-state index contributed by atoms with van der Waals surface area (Å²) in [5.74, 6) is 0.687. The number of nitrogens with one attached hydrogen (secondary N) is 1. The minimum atomic E-state index is -0.588. The van der Waals surface area contributed by atoms with Gasteiger partial charge in [-0.05, 0) is 33.1 Å². The Kier molecular flexibility index (Phi) is 5.10. The zero-order valence-corrected chi connectivity index (χ0v) is 13.2. The summed E-state index contributed by atoms with van der Waals surface area (Å²) < 4.78 is 7.20. The number of esters is 1. The van der Waals surface area contributed by atoms with Crippen molar-refractivity contribution in [1.29, 1.82) is 0 Å². The predicted octanol–water partition coefficient (Wildman–Crippen LogP) is 1.98. The fraction of sp³-hybridized carbons (Fsp3) is 0.714. The molecule has 20 heavy (non-hydrogen) atoms. The molecule has 0 amide bonds. The number of aryl methyl sites for hydroxylation is 1. The molecule has 1 saturated carbocycles. The second-order valence-corrected chi connectivity index (χ2v) is 6.45. The maximum atomic E-state index is 12.2. The average Bonchev–Trinajstić information content (AvgIpc) is 3.12. The Morgan fingerprint density at radius 2 is 2.40 bits per heavy atom. The first-order chi connectivity index (χ1) is 9.55.